The standard InChI is InChI=1S/C22H24N2O2S3/c1-27-17-7-5-15(6-8-17)12-21(25)24(14-16-4-3-11-26-16)22-23-19-10-9-18(28-2)13-20(19)29-22/h5-10,13,16H,3-4,11-12,14H2,1-2H3. The number of nitrogens with zero attached hydrogens (tertiary/aromatic N) is 2. The van der Waals surface area contributed by atoms with Crippen LogP contribution in [0, 0.1) is 0 Å². The zero-order chi connectivity index (χ0) is 20.2. The van der Waals surface area contributed by atoms with Gasteiger partial charge in [-0.2, -0.15) is 0 Å². The monoisotopic (exact) mass is 444 g/mol. The van der Waals surface area contributed by atoms with Crippen molar-refractivity contribution >= 4 is 56.1 Å². The van der Waals surface area contributed by atoms with Crippen LogP contribution < -0.4 is 4.90 Å². The minimum atomic E-state index is 0.0709. The number of aromatic nitrogens is 1. The van der Waals surface area contributed by atoms with Gasteiger partial charge in [-0.3, -0.25) is 9.69 Å². The largest absolute Gasteiger partial charge is 0.376 e. The van der Waals surface area contributed by atoms with Crippen LogP contribution in [0.15, 0.2) is 52.3 Å². The Labute approximate surface area is 184 Å². The summed E-state index contributed by atoms with van der Waals surface area (Å²) >= 11 is 5.00. The first-order valence-corrected chi connectivity index (χ1v) is 12.9. The molecule has 1 fully saturated rings. The van der Waals surface area contributed by atoms with Gasteiger partial charge in [0.05, 0.1) is 29.3 Å². The molecule has 0 radical (unpaired) electrons. The first-order chi connectivity index (χ1) is 14.2. The van der Waals surface area contributed by atoms with Crippen molar-refractivity contribution in [2.45, 2.75) is 35.2 Å². The number of hydrogen-bond acceptors (Lipinski definition) is 6. The van der Waals surface area contributed by atoms with Crippen molar-refractivity contribution in [1.29, 1.82) is 0 Å². The predicted molar refractivity (Wildman–Crippen MR) is 125 cm³/mol. The minimum absolute atomic E-state index is 0.0709. The summed E-state index contributed by atoms with van der Waals surface area (Å²) in [5.74, 6) is 0.0709. The summed E-state index contributed by atoms with van der Waals surface area (Å²) in [6.07, 6.45) is 6.63. The Balaban J connectivity index is 1.60. The van der Waals surface area contributed by atoms with E-state index in [2.05, 4.69) is 36.8 Å². The highest BCUT2D eigenvalue weighted by atomic mass is 32.2. The lowest BCUT2D eigenvalue weighted by atomic mass is 10.1. The number of thiazole rings is 1. The number of benzene rings is 2. The molecule has 2 aromatic carbocycles. The molecule has 1 saturated heterocycles. The molecule has 1 atom stereocenters. The number of amides is 1. The number of anilines is 1. The van der Waals surface area contributed by atoms with E-state index >= 15 is 0 Å². The van der Waals surface area contributed by atoms with E-state index in [1.54, 1.807) is 34.9 Å². The fourth-order valence-electron chi connectivity index (χ4n) is 3.43. The van der Waals surface area contributed by atoms with Crippen molar-refractivity contribution < 1.29 is 9.53 Å². The molecule has 2 heterocycles. The Morgan fingerprint density at radius 2 is 1.93 bits per heavy atom. The third kappa shape index (κ3) is 4.97. The minimum Gasteiger partial charge on any atom is -0.376 e. The summed E-state index contributed by atoms with van der Waals surface area (Å²) in [6, 6.07) is 14.5. The second kappa shape index (κ2) is 9.51. The third-order valence-electron chi connectivity index (χ3n) is 5.04. The number of fused-ring (bicyclic) bond motifs is 1. The first kappa shape index (κ1) is 20.7. The van der Waals surface area contributed by atoms with E-state index in [0.29, 0.717) is 13.0 Å². The third-order valence-corrected chi connectivity index (χ3v) is 7.55. The smallest absolute Gasteiger partial charge is 0.233 e. The fraction of sp³-hybridized carbons (Fsp3) is 0.364. The van der Waals surface area contributed by atoms with Gasteiger partial charge in [0, 0.05) is 16.4 Å². The van der Waals surface area contributed by atoms with Crippen molar-refractivity contribution in [2.24, 2.45) is 0 Å². The quantitative estimate of drug-likeness (QED) is 0.451. The van der Waals surface area contributed by atoms with Crippen LogP contribution in [0.1, 0.15) is 18.4 Å². The highest BCUT2D eigenvalue weighted by Gasteiger charge is 2.26. The van der Waals surface area contributed by atoms with Crippen molar-refractivity contribution in [3.8, 4) is 0 Å². The molecule has 1 amide bonds. The van der Waals surface area contributed by atoms with Gasteiger partial charge in [0.25, 0.3) is 0 Å². The Morgan fingerprint density at radius 1 is 1.17 bits per heavy atom. The molecule has 4 rings (SSSR count). The van der Waals surface area contributed by atoms with Gasteiger partial charge in [-0.05, 0) is 61.2 Å². The lowest BCUT2D eigenvalue weighted by molar-refractivity contribution is -0.118. The van der Waals surface area contributed by atoms with Gasteiger partial charge in [0.1, 0.15) is 0 Å². The molecular weight excluding hydrogens is 420 g/mol. The average Bonchev–Trinajstić information content (AvgIpc) is 3.41. The maximum atomic E-state index is 13.3. The van der Waals surface area contributed by atoms with Gasteiger partial charge in [0.15, 0.2) is 5.13 Å². The number of hydrogen-bond donors (Lipinski definition) is 0. The van der Waals surface area contributed by atoms with Crippen LogP contribution in [0.4, 0.5) is 5.13 Å². The molecule has 1 unspecified atom stereocenters. The van der Waals surface area contributed by atoms with Crippen LogP contribution in [0.25, 0.3) is 10.2 Å². The molecule has 29 heavy (non-hydrogen) atoms. The summed E-state index contributed by atoms with van der Waals surface area (Å²) < 4.78 is 6.94. The van der Waals surface area contributed by atoms with Crippen molar-refractivity contribution in [3.05, 3.63) is 48.0 Å². The SMILES string of the molecule is CSc1ccc(CC(=O)N(CC2CCCO2)c2nc3ccc(SC)cc3s2)cc1. The van der Waals surface area contributed by atoms with E-state index in [1.807, 2.05) is 23.1 Å². The Hall–Kier alpha value is -1.54. The van der Waals surface area contributed by atoms with Crippen molar-refractivity contribution in [3.63, 3.8) is 0 Å². The molecule has 3 aromatic rings. The van der Waals surface area contributed by atoms with Crippen LogP contribution in [0.2, 0.25) is 0 Å². The lowest BCUT2D eigenvalue weighted by Gasteiger charge is -2.23. The first-order valence-electron chi connectivity index (χ1n) is 9.66. The fourth-order valence-corrected chi connectivity index (χ4v) is 5.38. The summed E-state index contributed by atoms with van der Waals surface area (Å²) in [5, 5.41) is 0.763. The van der Waals surface area contributed by atoms with Crippen LogP contribution >= 0.6 is 34.9 Å². The zero-order valence-electron chi connectivity index (χ0n) is 16.6. The second-order valence-corrected chi connectivity index (χ2v) is 9.76. The summed E-state index contributed by atoms with van der Waals surface area (Å²) in [5.41, 5.74) is 1.97. The highest BCUT2D eigenvalue weighted by Crippen LogP contribution is 2.32. The Bertz CT molecular complexity index is 981. The molecule has 0 N–H and O–H groups in total. The number of carbonyl (C=O) groups is 1. The van der Waals surface area contributed by atoms with Gasteiger partial charge in [-0.25, -0.2) is 4.98 Å². The Morgan fingerprint density at radius 3 is 2.62 bits per heavy atom. The van der Waals surface area contributed by atoms with Gasteiger partial charge < -0.3 is 4.74 Å². The van der Waals surface area contributed by atoms with E-state index in [-0.39, 0.29) is 12.0 Å². The number of carbonyl (C=O) groups excluding carboxylic acids is 1. The maximum absolute atomic E-state index is 13.3. The summed E-state index contributed by atoms with van der Waals surface area (Å²) in [4.78, 5) is 22.3. The number of rotatable bonds is 7. The van der Waals surface area contributed by atoms with Crippen LogP contribution in [-0.2, 0) is 16.0 Å². The van der Waals surface area contributed by atoms with Crippen LogP contribution in [-0.4, -0.2) is 42.7 Å². The van der Waals surface area contributed by atoms with Crippen LogP contribution in [0.3, 0.4) is 0 Å². The van der Waals surface area contributed by atoms with E-state index < -0.39 is 0 Å². The molecule has 0 saturated carbocycles. The highest BCUT2D eigenvalue weighted by molar-refractivity contribution is 7.98. The van der Waals surface area contributed by atoms with Gasteiger partial charge in [0.2, 0.25) is 5.91 Å². The molecule has 0 aliphatic carbocycles. The normalized spacial score (nSPS) is 16.4. The summed E-state index contributed by atoms with van der Waals surface area (Å²) in [7, 11) is 0. The second-order valence-electron chi connectivity index (χ2n) is 6.99. The lowest BCUT2D eigenvalue weighted by Crippen LogP contribution is -2.38. The molecule has 152 valence electrons. The molecule has 1 aliphatic heterocycles. The predicted octanol–water partition coefficient (Wildman–Crippen LogP) is 5.49. The number of thioether (sulfide) groups is 2. The van der Waals surface area contributed by atoms with E-state index in [9.17, 15) is 4.79 Å². The van der Waals surface area contributed by atoms with Gasteiger partial charge in [-0.1, -0.05) is 23.5 Å². The molecule has 4 nitrogen and oxygen atoms in total. The van der Waals surface area contributed by atoms with Crippen LogP contribution in [0.5, 0.6) is 0 Å². The maximum Gasteiger partial charge on any atom is 0.233 e. The molecule has 1 aromatic heterocycles. The Kier molecular flexibility index (Phi) is 6.80. The molecular formula is C22H24N2O2S3. The molecule has 0 bridgehead atoms. The molecule has 7 heteroatoms. The zero-order valence-corrected chi connectivity index (χ0v) is 19.0. The van der Waals surface area contributed by atoms with E-state index in [0.717, 1.165) is 40.4 Å². The van der Waals surface area contributed by atoms with Crippen molar-refractivity contribution in [2.75, 3.05) is 30.6 Å². The topological polar surface area (TPSA) is 42.4 Å². The van der Waals surface area contributed by atoms with Crippen molar-refractivity contribution in [1.82, 2.24) is 4.98 Å². The number of ether oxygens (including phenoxy) is 1. The molecule has 1 aliphatic rings. The molecule has 0 spiro atoms. The van der Waals surface area contributed by atoms with Gasteiger partial charge >= 0.3 is 0 Å². The van der Waals surface area contributed by atoms with E-state index in [1.165, 1.54) is 9.79 Å². The average molecular weight is 445 g/mol. The van der Waals surface area contributed by atoms with E-state index in [4.69, 9.17) is 9.72 Å². The summed E-state index contributed by atoms with van der Waals surface area (Å²) in [6.45, 7) is 1.34. The van der Waals surface area contributed by atoms with Gasteiger partial charge in [-0.15, -0.1) is 23.5 Å².